The minimum atomic E-state index is 0.634. The molecule has 1 aromatic carbocycles. The summed E-state index contributed by atoms with van der Waals surface area (Å²) in [6, 6.07) is 5.60. The van der Waals surface area contributed by atoms with Crippen molar-refractivity contribution < 1.29 is 14.2 Å². The van der Waals surface area contributed by atoms with E-state index in [1.165, 1.54) is 11.5 Å². The Bertz CT molecular complexity index is 497. The van der Waals surface area contributed by atoms with E-state index in [4.69, 9.17) is 14.2 Å². The molecule has 1 aromatic heterocycles. The first-order valence-electron chi connectivity index (χ1n) is 5.01. The second kappa shape index (κ2) is 5.05. The van der Waals surface area contributed by atoms with Crippen LogP contribution in [0, 0.1) is 0 Å². The molecule has 0 bridgehead atoms. The maximum Gasteiger partial charge on any atom is 0.170 e. The Labute approximate surface area is 104 Å². The molecule has 2 rings (SSSR count). The van der Waals surface area contributed by atoms with Crippen LogP contribution in [0.2, 0.25) is 0 Å². The number of aromatic nitrogens is 1. The first kappa shape index (κ1) is 11.7. The van der Waals surface area contributed by atoms with Crippen molar-refractivity contribution in [3.05, 3.63) is 23.6 Å². The summed E-state index contributed by atoms with van der Waals surface area (Å²) >= 11 is 1.39. The van der Waals surface area contributed by atoms with Crippen molar-refractivity contribution in [1.29, 1.82) is 0 Å². The molecule has 0 saturated heterocycles. The summed E-state index contributed by atoms with van der Waals surface area (Å²) in [4.78, 5) is 0. The highest BCUT2D eigenvalue weighted by Gasteiger charge is 2.15. The highest BCUT2D eigenvalue weighted by molar-refractivity contribution is 7.03. The van der Waals surface area contributed by atoms with Crippen LogP contribution in [0.25, 0.3) is 11.3 Å². The largest absolute Gasteiger partial charge is 0.497 e. The lowest BCUT2D eigenvalue weighted by Gasteiger charge is -2.13. The Kier molecular flexibility index (Phi) is 3.49. The average Bonchev–Trinajstić information content (AvgIpc) is 2.90. The Morgan fingerprint density at radius 1 is 1.06 bits per heavy atom. The zero-order valence-electron chi connectivity index (χ0n) is 9.89. The van der Waals surface area contributed by atoms with Crippen LogP contribution in [0.5, 0.6) is 17.2 Å². The third-order valence-electron chi connectivity index (χ3n) is 2.40. The lowest BCUT2D eigenvalue weighted by Crippen LogP contribution is -1.95. The first-order chi connectivity index (χ1) is 8.30. The zero-order valence-corrected chi connectivity index (χ0v) is 10.7. The number of hydrogen-bond acceptors (Lipinski definition) is 5. The number of rotatable bonds is 4. The summed E-state index contributed by atoms with van der Waals surface area (Å²) < 4.78 is 20.2. The van der Waals surface area contributed by atoms with E-state index in [1.54, 1.807) is 27.4 Å². The van der Waals surface area contributed by atoms with Gasteiger partial charge in [-0.25, -0.2) is 0 Å². The summed E-state index contributed by atoms with van der Waals surface area (Å²) in [6.45, 7) is 0. The third kappa shape index (κ3) is 2.19. The van der Waals surface area contributed by atoms with Gasteiger partial charge in [-0.05, 0) is 23.7 Å². The van der Waals surface area contributed by atoms with Crippen molar-refractivity contribution in [2.45, 2.75) is 0 Å². The van der Waals surface area contributed by atoms with Crippen LogP contribution in [-0.2, 0) is 0 Å². The molecule has 17 heavy (non-hydrogen) atoms. The van der Waals surface area contributed by atoms with E-state index in [-0.39, 0.29) is 0 Å². The molecule has 90 valence electrons. The molecule has 0 fully saturated rings. The number of hydrogen-bond donors (Lipinski definition) is 0. The Balaban J connectivity index is 2.62. The molecule has 0 atom stereocenters. The monoisotopic (exact) mass is 251 g/mol. The van der Waals surface area contributed by atoms with Crippen LogP contribution in [0.1, 0.15) is 0 Å². The van der Waals surface area contributed by atoms with E-state index in [0.29, 0.717) is 17.2 Å². The van der Waals surface area contributed by atoms with Crippen molar-refractivity contribution in [3.8, 4) is 28.5 Å². The zero-order chi connectivity index (χ0) is 12.3. The van der Waals surface area contributed by atoms with Gasteiger partial charge in [0, 0.05) is 11.4 Å². The molecule has 0 aliphatic rings. The molecule has 0 saturated carbocycles. The van der Waals surface area contributed by atoms with Crippen LogP contribution in [0.4, 0.5) is 0 Å². The summed E-state index contributed by atoms with van der Waals surface area (Å²) in [7, 11) is 4.83. The second-order valence-electron chi connectivity index (χ2n) is 3.30. The normalized spacial score (nSPS) is 10.1. The van der Waals surface area contributed by atoms with Crippen molar-refractivity contribution in [2.75, 3.05) is 21.3 Å². The predicted molar refractivity (Wildman–Crippen MR) is 67.2 cm³/mol. The van der Waals surface area contributed by atoms with Gasteiger partial charge in [0.15, 0.2) is 11.5 Å². The second-order valence-corrected chi connectivity index (χ2v) is 3.96. The topological polar surface area (TPSA) is 40.6 Å². The Morgan fingerprint density at radius 2 is 1.88 bits per heavy atom. The van der Waals surface area contributed by atoms with Gasteiger partial charge in [-0.2, -0.15) is 4.37 Å². The molecule has 0 aliphatic carbocycles. The quantitative estimate of drug-likeness (QED) is 0.837. The van der Waals surface area contributed by atoms with Crippen LogP contribution >= 0.6 is 11.5 Å². The van der Waals surface area contributed by atoms with Crippen molar-refractivity contribution >= 4 is 11.5 Å². The minimum absolute atomic E-state index is 0.634. The molecule has 0 unspecified atom stereocenters. The van der Waals surface area contributed by atoms with E-state index in [9.17, 15) is 0 Å². The number of methoxy groups -OCH3 is 3. The molecular weight excluding hydrogens is 238 g/mol. The Morgan fingerprint density at radius 3 is 2.41 bits per heavy atom. The van der Waals surface area contributed by atoms with Gasteiger partial charge in [-0.1, -0.05) is 0 Å². The number of benzene rings is 1. The number of nitrogens with zero attached hydrogens (tertiary/aromatic N) is 1. The van der Waals surface area contributed by atoms with Gasteiger partial charge >= 0.3 is 0 Å². The summed E-state index contributed by atoms with van der Waals surface area (Å²) in [6.07, 6.45) is 0. The van der Waals surface area contributed by atoms with Gasteiger partial charge in [0.25, 0.3) is 0 Å². The average molecular weight is 251 g/mol. The molecule has 4 nitrogen and oxygen atoms in total. The summed E-state index contributed by atoms with van der Waals surface area (Å²) in [5.74, 6) is 2.01. The van der Waals surface area contributed by atoms with E-state index in [1.807, 2.05) is 17.5 Å². The maximum absolute atomic E-state index is 5.37. The van der Waals surface area contributed by atoms with Gasteiger partial charge in [0.1, 0.15) is 5.75 Å². The Hall–Kier alpha value is -1.75. The fraction of sp³-hybridized carbons (Fsp3) is 0.250. The van der Waals surface area contributed by atoms with E-state index in [2.05, 4.69) is 4.37 Å². The molecule has 0 spiro atoms. The van der Waals surface area contributed by atoms with Crippen molar-refractivity contribution in [3.63, 3.8) is 0 Å². The molecule has 0 amide bonds. The molecule has 5 heteroatoms. The number of ether oxygens (including phenoxy) is 3. The highest BCUT2D eigenvalue weighted by atomic mass is 32.1. The molecule has 1 heterocycles. The van der Waals surface area contributed by atoms with Crippen molar-refractivity contribution in [2.24, 2.45) is 0 Å². The fourth-order valence-electron chi connectivity index (χ4n) is 1.60. The standard InChI is InChI=1S/C12H13NO3S/c1-14-8-6-9(10-4-5-17-13-10)12(16-3)11(7-8)15-2/h4-7H,1-3H3. The highest BCUT2D eigenvalue weighted by Crippen LogP contribution is 2.41. The van der Waals surface area contributed by atoms with E-state index in [0.717, 1.165) is 11.3 Å². The van der Waals surface area contributed by atoms with Gasteiger partial charge in [-0.15, -0.1) is 0 Å². The molecule has 0 N–H and O–H groups in total. The van der Waals surface area contributed by atoms with Gasteiger partial charge in [-0.3, -0.25) is 0 Å². The minimum Gasteiger partial charge on any atom is -0.497 e. The van der Waals surface area contributed by atoms with Crippen LogP contribution in [0.15, 0.2) is 23.6 Å². The molecule has 0 aliphatic heterocycles. The summed E-state index contributed by atoms with van der Waals surface area (Å²) in [5, 5.41) is 1.92. The molecule has 0 radical (unpaired) electrons. The smallest absolute Gasteiger partial charge is 0.170 e. The maximum atomic E-state index is 5.37. The van der Waals surface area contributed by atoms with Gasteiger partial charge in [0.05, 0.1) is 32.6 Å². The van der Waals surface area contributed by atoms with Crippen LogP contribution in [-0.4, -0.2) is 25.7 Å². The fourth-order valence-corrected chi connectivity index (χ4v) is 2.12. The van der Waals surface area contributed by atoms with E-state index < -0.39 is 0 Å². The van der Waals surface area contributed by atoms with Crippen molar-refractivity contribution in [1.82, 2.24) is 4.37 Å². The van der Waals surface area contributed by atoms with Gasteiger partial charge < -0.3 is 14.2 Å². The molecular formula is C12H13NO3S. The summed E-state index contributed by atoms with van der Waals surface area (Å²) in [5.41, 5.74) is 1.72. The van der Waals surface area contributed by atoms with Crippen LogP contribution in [0.3, 0.4) is 0 Å². The predicted octanol–water partition coefficient (Wildman–Crippen LogP) is 2.84. The van der Waals surface area contributed by atoms with Gasteiger partial charge in [0.2, 0.25) is 0 Å². The lowest BCUT2D eigenvalue weighted by atomic mass is 10.1. The third-order valence-corrected chi connectivity index (χ3v) is 2.96. The van der Waals surface area contributed by atoms with Crippen LogP contribution < -0.4 is 14.2 Å². The van der Waals surface area contributed by atoms with E-state index >= 15 is 0 Å². The molecule has 2 aromatic rings. The first-order valence-corrected chi connectivity index (χ1v) is 5.84. The SMILES string of the molecule is COc1cc(OC)c(OC)c(-c2ccsn2)c1. The lowest BCUT2D eigenvalue weighted by molar-refractivity contribution is 0.350.